The summed E-state index contributed by atoms with van der Waals surface area (Å²) in [7, 11) is 0. The monoisotopic (exact) mass is 362 g/mol. The first-order valence-corrected chi connectivity index (χ1v) is 11.1. The minimum absolute atomic E-state index is 0.0575. The van der Waals surface area contributed by atoms with E-state index in [4.69, 9.17) is 9.47 Å². The highest BCUT2D eigenvalue weighted by atomic mass is 16.5. The first kappa shape index (κ1) is 23.0. The molecule has 0 aromatic rings. The second-order valence-corrected chi connectivity index (χ2v) is 7.48. The lowest BCUT2D eigenvalue weighted by molar-refractivity contribution is 0.0337. The Morgan fingerprint density at radius 2 is 1.54 bits per heavy atom. The van der Waals surface area contributed by atoms with Crippen LogP contribution in [0.1, 0.15) is 91.4 Å². The normalized spacial score (nSPS) is 22.3. The van der Waals surface area contributed by atoms with Crippen LogP contribution in [0.25, 0.3) is 0 Å². The molecule has 2 unspecified atom stereocenters. The Kier molecular flexibility index (Phi) is 13.4. The highest BCUT2D eigenvalue weighted by Crippen LogP contribution is 2.37. The van der Waals surface area contributed by atoms with E-state index in [0.29, 0.717) is 0 Å². The van der Waals surface area contributed by atoms with Gasteiger partial charge in [0.2, 0.25) is 0 Å². The summed E-state index contributed by atoms with van der Waals surface area (Å²) in [4.78, 5) is 0. The molecule has 0 saturated carbocycles. The number of ether oxygens (including phenoxy) is 2. The van der Waals surface area contributed by atoms with E-state index in [1.54, 1.807) is 0 Å². The number of rotatable bonds is 16. The van der Waals surface area contributed by atoms with Crippen molar-refractivity contribution in [3.05, 3.63) is 36.6 Å². The molecular formula is C24H42O2. The number of allylic oxidation sites excluding steroid dienone is 2. The van der Waals surface area contributed by atoms with Crippen LogP contribution in [0.15, 0.2) is 36.6 Å². The molecule has 0 amide bonds. The topological polar surface area (TPSA) is 18.5 Å². The van der Waals surface area contributed by atoms with Crippen molar-refractivity contribution in [3.8, 4) is 0 Å². The molecule has 0 aromatic carbocycles. The summed E-state index contributed by atoms with van der Waals surface area (Å²) >= 11 is 0. The van der Waals surface area contributed by atoms with Gasteiger partial charge in [0.25, 0.3) is 0 Å². The molecule has 0 aliphatic heterocycles. The first-order valence-electron chi connectivity index (χ1n) is 11.1. The Morgan fingerprint density at radius 3 is 2.19 bits per heavy atom. The van der Waals surface area contributed by atoms with E-state index < -0.39 is 0 Å². The van der Waals surface area contributed by atoms with E-state index in [9.17, 15) is 0 Å². The maximum absolute atomic E-state index is 5.96. The molecule has 26 heavy (non-hydrogen) atoms. The zero-order valence-corrected chi connectivity index (χ0v) is 17.6. The van der Waals surface area contributed by atoms with Crippen LogP contribution < -0.4 is 0 Å². The van der Waals surface area contributed by atoms with Gasteiger partial charge in [-0.3, -0.25) is 0 Å². The Bertz CT molecular complexity index is 410. The minimum Gasteiger partial charge on any atom is -0.501 e. The van der Waals surface area contributed by atoms with Gasteiger partial charge < -0.3 is 9.47 Å². The van der Waals surface area contributed by atoms with Crippen LogP contribution in [-0.4, -0.2) is 19.3 Å². The second-order valence-electron chi connectivity index (χ2n) is 7.48. The SMILES string of the molecule is CCCCCCCCCCCOC=CC1(CCC)C=CC=CC1OCC. The van der Waals surface area contributed by atoms with Crippen LogP contribution in [0, 0.1) is 5.41 Å². The lowest BCUT2D eigenvalue weighted by Crippen LogP contribution is -2.34. The number of hydrogen-bond acceptors (Lipinski definition) is 2. The summed E-state index contributed by atoms with van der Waals surface area (Å²) in [6.07, 6.45) is 27.2. The quantitative estimate of drug-likeness (QED) is 0.211. The summed E-state index contributed by atoms with van der Waals surface area (Å²) in [6.45, 7) is 8.13. The maximum Gasteiger partial charge on any atom is 0.0885 e. The zero-order valence-electron chi connectivity index (χ0n) is 17.6. The molecule has 1 aliphatic carbocycles. The molecule has 0 saturated heterocycles. The smallest absolute Gasteiger partial charge is 0.0885 e. The molecule has 0 bridgehead atoms. The molecule has 0 heterocycles. The third-order valence-electron chi connectivity index (χ3n) is 5.20. The van der Waals surface area contributed by atoms with Gasteiger partial charge in [-0.05, 0) is 25.8 Å². The molecule has 1 rings (SSSR count). The summed E-state index contributed by atoms with van der Waals surface area (Å²) in [5, 5.41) is 0. The largest absolute Gasteiger partial charge is 0.501 e. The van der Waals surface area contributed by atoms with E-state index in [0.717, 1.165) is 32.5 Å². The summed E-state index contributed by atoms with van der Waals surface area (Å²) in [6, 6.07) is 0. The molecule has 2 heteroatoms. The van der Waals surface area contributed by atoms with Gasteiger partial charge in [0, 0.05) is 12.0 Å². The number of hydrogen-bond donors (Lipinski definition) is 0. The molecule has 0 fully saturated rings. The van der Waals surface area contributed by atoms with E-state index in [-0.39, 0.29) is 11.5 Å². The Morgan fingerprint density at radius 1 is 0.846 bits per heavy atom. The molecular weight excluding hydrogens is 320 g/mol. The van der Waals surface area contributed by atoms with E-state index in [1.807, 2.05) is 6.26 Å². The van der Waals surface area contributed by atoms with Crippen LogP contribution in [0.2, 0.25) is 0 Å². The van der Waals surface area contributed by atoms with Crippen molar-refractivity contribution in [3.63, 3.8) is 0 Å². The number of unbranched alkanes of at least 4 members (excludes halogenated alkanes) is 8. The Labute approximate surface area is 162 Å². The van der Waals surface area contributed by atoms with E-state index in [2.05, 4.69) is 51.2 Å². The predicted octanol–water partition coefficient (Wildman–Crippen LogP) is 7.37. The van der Waals surface area contributed by atoms with Gasteiger partial charge >= 0.3 is 0 Å². The van der Waals surface area contributed by atoms with Crippen LogP contribution in [-0.2, 0) is 9.47 Å². The van der Waals surface area contributed by atoms with Gasteiger partial charge in [-0.2, -0.15) is 0 Å². The van der Waals surface area contributed by atoms with E-state index in [1.165, 1.54) is 51.4 Å². The average Bonchev–Trinajstić information content (AvgIpc) is 2.65. The van der Waals surface area contributed by atoms with E-state index >= 15 is 0 Å². The van der Waals surface area contributed by atoms with Crippen LogP contribution in [0.3, 0.4) is 0 Å². The third-order valence-corrected chi connectivity index (χ3v) is 5.20. The lowest BCUT2D eigenvalue weighted by atomic mass is 9.75. The fraction of sp³-hybridized carbons (Fsp3) is 0.750. The van der Waals surface area contributed by atoms with Crippen molar-refractivity contribution < 1.29 is 9.47 Å². The molecule has 0 aromatic heterocycles. The highest BCUT2D eigenvalue weighted by Gasteiger charge is 2.33. The predicted molar refractivity (Wildman–Crippen MR) is 113 cm³/mol. The summed E-state index contributed by atoms with van der Waals surface area (Å²) < 4.78 is 11.8. The van der Waals surface area contributed by atoms with Crippen molar-refractivity contribution in [1.29, 1.82) is 0 Å². The fourth-order valence-electron chi connectivity index (χ4n) is 3.70. The first-order chi connectivity index (χ1) is 12.8. The summed E-state index contributed by atoms with van der Waals surface area (Å²) in [5.41, 5.74) is -0.0575. The zero-order chi connectivity index (χ0) is 18.9. The summed E-state index contributed by atoms with van der Waals surface area (Å²) in [5.74, 6) is 0. The van der Waals surface area contributed by atoms with Crippen molar-refractivity contribution in [2.24, 2.45) is 5.41 Å². The molecule has 0 N–H and O–H groups in total. The fourth-order valence-corrected chi connectivity index (χ4v) is 3.70. The average molecular weight is 363 g/mol. The van der Waals surface area contributed by atoms with Crippen molar-refractivity contribution in [2.45, 2.75) is 97.5 Å². The van der Waals surface area contributed by atoms with Crippen molar-refractivity contribution in [1.82, 2.24) is 0 Å². The lowest BCUT2D eigenvalue weighted by Gasteiger charge is -2.35. The van der Waals surface area contributed by atoms with Gasteiger partial charge in [0.1, 0.15) is 0 Å². The Balaban J connectivity index is 2.22. The van der Waals surface area contributed by atoms with Crippen molar-refractivity contribution >= 4 is 0 Å². The molecule has 0 spiro atoms. The molecule has 2 nitrogen and oxygen atoms in total. The molecule has 150 valence electrons. The highest BCUT2D eigenvalue weighted by molar-refractivity contribution is 5.26. The van der Waals surface area contributed by atoms with Gasteiger partial charge in [0.15, 0.2) is 0 Å². The molecule has 0 radical (unpaired) electrons. The third kappa shape index (κ3) is 9.07. The minimum atomic E-state index is -0.0575. The van der Waals surface area contributed by atoms with Gasteiger partial charge in [-0.1, -0.05) is 95.9 Å². The van der Waals surface area contributed by atoms with Crippen LogP contribution in [0.5, 0.6) is 0 Å². The van der Waals surface area contributed by atoms with Crippen LogP contribution >= 0.6 is 0 Å². The van der Waals surface area contributed by atoms with Gasteiger partial charge in [-0.25, -0.2) is 0 Å². The van der Waals surface area contributed by atoms with Crippen molar-refractivity contribution in [2.75, 3.05) is 13.2 Å². The maximum atomic E-state index is 5.96. The van der Waals surface area contributed by atoms with Gasteiger partial charge in [0.05, 0.1) is 19.0 Å². The van der Waals surface area contributed by atoms with Crippen LogP contribution in [0.4, 0.5) is 0 Å². The standard InChI is InChI=1S/C24H42O2/c1-4-7-8-9-10-11-12-13-16-21-25-22-20-24(18-5-2)19-15-14-17-23(24)26-6-3/h14-15,17,19-20,22-23H,4-13,16,18,21H2,1-3H3. The second kappa shape index (κ2) is 15.1. The Hall–Kier alpha value is -1.02. The molecule has 1 aliphatic rings. The van der Waals surface area contributed by atoms with Gasteiger partial charge in [-0.15, -0.1) is 0 Å². The molecule has 2 atom stereocenters.